The lowest BCUT2D eigenvalue weighted by Crippen LogP contribution is -1.87. The highest BCUT2D eigenvalue weighted by atomic mass is 79.9. The number of hydrogen-bond donors (Lipinski definition) is 0. The fourth-order valence-corrected chi connectivity index (χ4v) is 2.23. The molecule has 1 aromatic carbocycles. The second-order valence-electron chi connectivity index (χ2n) is 2.21. The molecule has 1 rings (SSSR count). The van der Waals surface area contributed by atoms with Gasteiger partial charge in [-0.3, -0.25) is 0 Å². The second-order valence-corrected chi connectivity index (χ2v) is 4.19. The summed E-state index contributed by atoms with van der Waals surface area (Å²) in [6.45, 7) is 0. The minimum Gasteiger partial charge on any atom is -0.496 e. The molecule has 4 heteroatoms. The highest BCUT2D eigenvalue weighted by molar-refractivity contribution is 9.11. The molecule has 0 aromatic heterocycles. The van der Waals surface area contributed by atoms with Gasteiger partial charge in [0.25, 0.3) is 0 Å². The van der Waals surface area contributed by atoms with Crippen molar-refractivity contribution in [1.29, 1.82) is 0 Å². The zero-order valence-electron chi connectivity index (χ0n) is 6.40. The second kappa shape index (κ2) is 4.49. The summed E-state index contributed by atoms with van der Waals surface area (Å²) in [7, 11) is 1.63. The van der Waals surface area contributed by atoms with Gasteiger partial charge in [-0.1, -0.05) is 15.9 Å². The van der Waals surface area contributed by atoms with Crippen LogP contribution in [0.15, 0.2) is 21.1 Å². The molecule has 0 unspecified atom stereocenters. The van der Waals surface area contributed by atoms with Gasteiger partial charge in [-0.2, -0.15) is 0 Å². The van der Waals surface area contributed by atoms with Crippen LogP contribution in [-0.2, 0) is 5.88 Å². The molecule has 0 saturated carbocycles. The van der Waals surface area contributed by atoms with Gasteiger partial charge in [-0.15, -0.1) is 11.6 Å². The van der Waals surface area contributed by atoms with Crippen LogP contribution >= 0.6 is 43.5 Å². The van der Waals surface area contributed by atoms with Crippen LogP contribution in [0.5, 0.6) is 5.75 Å². The molecular formula is C8H7Br2ClO. The molecule has 0 heterocycles. The first-order valence-corrected chi connectivity index (χ1v) is 5.39. The van der Waals surface area contributed by atoms with Crippen LogP contribution in [-0.4, -0.2) is 7.11 Å². The van der Waals surface area contributed by atoms with E-state index in [4.69, 9.17) is 16.3 Å². The van der Waals surface area contributed by atoms with Gasteiger partial charge in [0.15, 0.2) is 0 Å². The molecule has 0 N–H and O–H groups in total. The lowest BCUT2D eigenvalue weighted by molar-refractivity contribution is 0.411. The van der Waals surface area contributed by atoms with Crippen LogP contribution in [0, 0.1) is 0 Å². The quantitative estimate of drug-likeness (QED) is 0.751. The fourth-order valence-electron chi connectivity index (χ4n) is 0.829. The summed E-state index contributed by atoms with van der Waals surface area (Å²) in [6.07, 6.45) is 0. The zero-order chi connectivity index (χ0) is 9.14. The standard InChI is InChI=1S/C8H7Br2ClO/c1-12-8-3-6(9)5(4-11)2-7(8)10/h2-3H,4H2,1H3. The number of rotatable bonds is 2. The number of hydrogen-bond acceptors (Lipinski definition) is 1. The molecule has 12 heavy (non-hydrogen) atoms. The molecule has 0 saturated heterocycles. The topological polar surface area (TPSA) is 9.23 Å². The van der Waals surface area contributed by atoms with Gasteiger partial charge >= 0.3 is 0 Å². The third-order valence-corrected chi connectivity index (χ3v) is 3.11. The van der Waals surface area contributed by atoms with Gasteiger partial charge in [-0.05, 0) is 33.6 Å². The van der Waals surface area contributed by atoms with E-state index in [1.807, 2.05) is 12.1 Å². The van der Waals surface area contributed by atoms with Crippen molar-refractivity contribution in [2.45, 2.75) is 5.88 Å². The summed E-state index contributed by atoms with van der Waals surface area (Å²) >= 11 is 12.5. The Balaban J connectivity index is 3.16. The zero-order valence-corrected chi connectivity index (χ0v) is 10.3. The molecule has 0 amide bonds. The molecule has 0 aliphatic heterocycles. The van der Waals surface area contributed by atoms with Crippen LogP contribution in [0.4, 0.5) is 0 Å². The molecule has 0 radical (unpaired) electrons. The third-order valence-electron chi connectivity index (χ3n) is 1.46. The Morgan fingerprint density at radius 1 is 1.33 bits per heavy atom. The first-order chi connectivity index (χ1) is 5.69. The number of benzene rings is 1. The van der Waals surface area contributed by atoms with Gasteiger partial charge in [0, 0.05) is 10.4 Å². The Morgan fingerprint density at radius 2 is 2.00 bits per heavy atom. The molecule has 0 spiro atoms. The monoisotopic (exact) mass is 312 g/mol. The van der Waals surface area contributed by atoms with Crippen molar-refractivity contribution in [3.8, 4) is 5.75 Å². The Hall–Kier alpha value is 0.270. The maximum Gasteiger partial charge on any atom is 0.134 e. The summed E-state index contributed by atoms with van der Waals surface area (Å²) in [5.74, 6) is 1.29. The van der Waals surface area contributed by atoms with Crippen molar-refractivity contribution in [1.82, 2.24) is 0 Å². The first-order valence-electron chi connectivity index (χ1n) is 3.27. The van der Waals surface area contributed by atoms with Crippen molar-refractivity contribution in [2.24, 2.45) is 0 Å². The van der Waals surface area contributed by atoms with E-state index in [1.165, 1.54) is 0 Å². The maximum atomic E-state index is 5.71. The van der Waals surface area contributed by atoms with E-state index in [1.54, 1.807) is 7.11 Å². The first kappa shape index (κ1) is 10.4. The van der Waals surface area contributed by atoms with Crippen molar-refractivity contribution >= 4 is 43.5 Å². The van der Waals surface area contributed by atoms with Crippen molar-refractivity contribution in [3.05, 3.63) is 26.6 Å². The van der Waals surface area contributed by atoms with E-state index in [-0.39, 0.29) is 0 Å². The third kappa shape index (κ3) is 2.15. The number of halogens is 3. The number of methoxy groups -OCH3 is 1. The van der Waals surface area contributed by atoms with Crippen molar-refractivity contribution < 1.29 is 4.74 Å². The van der Waals surface area contributed by atoms with Crippen molar-refractivity contribution in [3.63, 3.8) is 0 Å². The minimum atomic E-state index is 0.489. The Bertz CT molecular complexity index is 259. The molecule has 1 aromatic rings. The molecule has 0 atom stereocenters. The van der Waals surface area contributed by atoms with Gasteiger partial charge < -0.3 is 4.74 Å². The molecular weight excluding hydrogens is 307 g/mol. The van der Waals surface area contributed by atoms with Gasteiger partial charge in [-0.25, -0.2) is 0 Å². The lowest BCUT2D eigenvalue weighted by atomic mass is 10.2. The minimum absolute atomic E-state index is 0.489. The highest BCUT2D eigenvalue weighted by Gasteiger charge is 2.05. The lowest BCUT2D eigenvalue weighted by Gasteiger charge is -2.06. The van der Waals surface area contributed by atoms with Crippen LogP contribution in [0.25, 0.3) is 0 Å². The van der Waals surface area contributed by atoms with Gasteiger partial charge in [0.2, 0.25) is 0 Å². The van der Waals surface area contributed by atoms with E-state index in [0.29, 0.717) is 5.88 Å². The van der Waals surface area contributed by atoms with Gasteiger partial charge in [0.1, 0.15) is 5.75 Å². The summed E-state index contributed by atoms with van der Waals surface area (Å²) in [4.78, 5) is 0. The Kier molecular flexibility index (Phi) is 3.87. The Labute approximate surface area is 93.3 Å². The molecule has 0 aliphatic rings. The fraction of sp³-hybridized carbons (Fsp3) is 0.250. The smallest absolute Gasteiger partial charge is 0.134 e. The van der Waals surface area contributed by atoms with Crippen LogP contribution < -0.4 is 4.74 Å². The molecule has 0 fully saturated rings. The summed E-state index contributed by atoms with van der Waals surface area (Å²) < 4.78 is 7.00. The normalized spacial score (nSPS) is 10.0. The van der Waals surface area contributed by atoms with Crippen LogP contribution in [0.1, 0.15) is 5.56 Å². The maximum absolute atomic E-state index is 5.71. The number of ether oxygens (including phenoxy) is 1. The predicted octanol–water partition coefficient (Wildman–Crippen LogP) is 3.96. The summed E-state index contributed by atoms with van der Waals surface area (Å²) in [6, 6.07) is 3.83. The highest BCUT2D eigenvalue weighted by Crippen LogP contribution is 2.31. The van der Waals surface area contributed by atoms with E-state index in [9.17, 15) is 0 Å². The molecule has 0 bridgehead atoms. The predicted molar refractivity (Wildman–Crippen MR) is 58.0 cm³/mol. The molecule has 66 valence electrons. The SMILES string of the molecule is COc1cc(Br)c(CCl)cc1Br. The average molecular weight is 314 g/mol. The van der Waals surface area contributed by atoms with E-state index in [2.05, 4.69) is 31.9 Å². The average Bonchev–Trinajstić information content (AvgIpc) is 2.08. The summed E-state index contributed by atoms with van der Waals surface area (Å²) in [5, 5.41) is 0. The van der Waals surface area contributed by atoms with Crippen molar-refractivity contribution in [2.75, 3.05) is 7.11 Å². The number of alkyl halides is 1. The van der Waals surface area contributed by atoms with E-state index in [0.717, 1.165) is 20.3 Å². The summed E-state index contributed by atoms with van der Waals surface area (Å²) in [5.41, 5.74) is 1.05. The largest absolute Gasteiger partial charge is 0.496 e. The van der Waals surface area contributed by atoms with E-state index >= 15 is 0 Å². The van der Waals surface area contributed by atoms with Crippen LogP contribution in [0.2, 0.25) is 0 Å². The van der Waals surface area contributed by atoms with E-state index < -0.39 is 0 Å². The van der Waals surface area contributed by atoms with Gasteiger partial charge in [0.05, 0.1) is 11.6 Å². The molecule has 1 nitrogen and oxygen atoms in total. The Morgan fingerprint density at radius 3 is 2.50 bits per heavy atom. The molecule has 0 aliphatic carbocycles. The van der Waals surface area contributed by atoms with Crippen LogP contribution in [0.3, 0.4) is 0 Å².